The number of rotatable bonds is 3. The monoisotopic (exact) mass is 333 g/mol. The van der Waals surface area contributed by atoms with E-state index in [1.165, 1.54) is 5.56 Å². The van der Waals surface area contributed by atoms with E-state index in [4.69, 9.17) is 5.73 Å². The van der Waals surface area contributed by atoms with Gasteiger partial charge in [-0.05, 0) is 48.6 Å². The third-order valence-corrected chi connectivity index (χ3v) is 4.99. The second kappa shape index (κ2) is 6.47. The van der Waals surface area contributed by atoms with Gasteiger partial charge < -0.3 is 5.73 Å². The van der Waals surface area contributed by atoms with E-state index in [1.54, 1.807) is 4.57 Å². The Kier molecular flexibility index (Phi) is 4.15. The molecule has 4 nitrogen and oxygen atoms in total. The topological polar surface area (TPSA) is 51.3 Å². The summed E-state index contributed by atoms with van der Waals surface area (Å²) >= 11 is 0. The summed E-state index contributed by atoms with van der Waals surface area (Å²) in [6.45, 7) is 4.98. The van der Waals surface area contributed by atoms with E-state index in [0.29, 0.717) is 6.04 Å². The fourth-order valence-corrected chi connectivity index (χ4v) is 3.60. The number of fused-ring (bicyclic) bond motifs is 1. The van der Waals surface area contributed by atoms with Crippen molar-refractivity contribution >= 4 is 10.8 Å². The molecule has 25 heavy (non-hydrogen) atoms. The van der Waals surface area contributed by atoms with Gasteiger partial charge in [-0.1, -0.05) is 29.8 Å². The number of pyridine rings is 1. The lowest BCUT2D eigenvalue weighted by molar-refractivity contribution is 0.327. The van der Waals surface area contributed by atoms with Crippen LogP contribution in [0.3, 0.4) is 0 Å². The average Bonchev–Trinajstić information content (AvgIpc) is 3.01. The molecule has 0 amide bonds. The van der Waals surface area contributed by atoms with Crippen molar-refractivity contribution in [3.05, 3.63) is 76.2 Å². The Hall–Kier alpha value is -2.43. The highest BCUT2D eigenvalue weighted by molar-refractivity contribution is 5.82. The standard InChI is InChI=1S/C21H23N3O/c1-15-2-7-20-17(12-15)8-11-24(21(20)25)19-5-3-16(4-6-19)13-23-10-9-18(22)14-23/h2-8,11-12,18H,9-10,13-14,22H2,1H3/t18-/m0/s1. The van der Waals surface area contributed by atoms with E-state index < -0.39 is 0 Å². The van der Waals surface area contributed by atoms with Crippen LogP contribution in [0.5, 0.6) is 0 Å². The average molecular weight is 333 g/mol. The maximum atomic E-state index is 12.8. The molecule has 0 radical (unpaired) electrons. The highest BCUT2D eigenvalue weighted by atomic mass is 16.1. The third-order valence-electron chi connectivity index (χ3n) is 4.99. The van der Waals surface area contributed by atoms with E-state index >= 15 is 0 Å². The number of hydrogen-bond donors (Lipinski definition) is 1. The van der Waals surface area contributed by atoms with Gasteiger partial charge in [0.1, 0.15) is 0 Å². The second-order valence-corrected chi connectivity index (χ2v) is 7.03. The summed E-state index contributed by atoms with van der Waals surface area (Å²) in [5, 5.41) is 1.74. The van der Waals surface area contributed by atoms with E-state index in [9.17, 15) is 4.79 Å². The quantitative estimate of drug-likeness (QED) is 0.802. The summed E-state index contributed by atoms with van der Waals surface area (Å²) < 4.78 is 1.72. The van der Waals surface area contributed by atoms with Crippen molar-refractivity contribution in [2.45, 2.75) is 25.9 Å². The molecular formula is C21H23N3O. The molecule has 1 aliphatic rings. The van der Waals surface area contributed by atoms with Crippen molar-refractivity contribution in [2.24, 2.45) is 5.73 Å². The first-order valence-corrected chi connectivity index (χ1v) is 8.79. The lowest BCUT2D eigenvalue weighted by Crippen LogP contribution is -2.26. The van der Waals surface area contributed by atoms with Crippen LogP contribution in [0, 0.1) is 6.92 Å². The van der Waals surface area contributed by atoms with Gasteiger partial charge >= 0.3 is 0 Å². The molecule has 0 spiro atoms. The lowest BCUT2D eigenvalue weighted by atomic mass is 10.1. The van der Waals surface area contributed by atoms with Gasteiger partial charge in [0, 0.05) is 42.9 Å². The first-order valence-electron chi connectivity index (χ1n) is 8.79. The first kappa shape index (κ1) is 16.1. The highest BCUT2D eigenvalue weighted by Crippen LogP contribution is 2.16. The molecule has 0 saturated carbocycles. The Morgan fingerprint density at radius 3 is 2.64 bits per heavy atom. The van der Waals surface area contributed by atoms with Crippen LogP contribution in [0.15, 0.2) is 59.5 Å². The van der Waals surface area contributed by atoms with Crippen LogP contribution in [-0.2, 0) is 6.54 Å². The fourth-order valence-electron chi connectivity index (χ4n) is 3.60. The van der Waals surface area contributed by atoms with E-state index in [-0.39, 0.29) is 5.56 Å². The Morgan fingerprint density at radius 1 is 1.12 bits per heavy atom. The van der Waals surface area contributed by atoms with Crippen molar-refractivity contribution < 1.29 is 0 Å². The fraction of sp³-hybridized carbons (Fsp3) is 0.286. The molecule has 1 atom stereocenters. The zero-order chi connectivity index (χ0) is 17.4. The van der Waals surface area contributed by atoms with Gasteiger partial charge in [0.15, 0.2) is 0 Å². The number of hydrogen-bond acceptors (Lipinski definition) is 3. The van der Waals surface area contributed by atoms with Gasteiger partial charge in [0.05, 0.1) is 0 Å². The number of likely N-dealkylation sites (tertiary alicyclic amines) is 1. The maximum Gasteiger partial charge on any atom is 0.262 e. The van der Waals surface area contributed by atoms with Gasteiger partial charge in [-0.2, -0.15) is 0 Å². The van der Waals surface area contributed by atoms with Crippen LogP contribution >= 0.6 is 0 Å². The lowest BCUT2D eigenvalue weighted by Gasteiger charge is -2.15. The van der Waals surface area contributed by atoms with Crippen LogP contribution in [0.25, 0.3) is 16.5 Å². The van der Waals surface area contributed by atoms with Gasteiger partial charge in [-0.15, -0.1) is 0 Å². The minimum Gasteiger partial charge on any atom is -0.326 e. The Bertz CT molecular complexity index is 959. The number of nitrogens with two attached hydrogens (primary N) is 1. The van der Waals surface area contributed by atoms with E-state index in [2.05, 4.69) is 17.0 Å². The minimum absolute atomic E-state index is 0.0239. The Morgan fingerprint density at radius 2 is 1.92 bits per heavy atom. The predicted molar refractivity (Wildman–Crippen MR) is 102 cm³/mol. The van der Waals surface area contributed by atoms with Crippen LogP contribution in [-0.4, -0.2) is 28.6 Å². The smallest absolute Gasteiger partial charge is 0.262 e. The molecule has 4 heteroatoms. The minimum atomic E-state index is 0.0239. The van der Waals surface area contributed by atoms with Crippen molar-refractivity contribution in [3.8, 4) is 5.69 Å². The molecule has 4 rings (SSSR count). The molecule has 3 aromatic rings. The number of aryl methyl sites for hydroxylation is 1. The van der Waals surface area contributed by atoms with Crippen LogP contribution in [0.1, 0.15) is 17.5 Å². The summed E-state index contributed by atoms with van der Waals surface area (Å²) in [5.74, 6) is 0. The van der Waals surface area contributed by atoms with Crippen LogP contribution in [0.2, 0.25) is 0 Å². The summed E-state index contributed by atoms with van der Waals surface area (Å²) in [7, 11) is 0. The molecule has 2 heterocycles. The Labute approximate surface area is 147 Å². The predicted octanol–water partition coefficient (Wildman–Crippen LogP) is 2.83. The van der Waals surface area contributed by atoms with E-state index in [0.717, 1.165) is 48.1 Å². The van der Waals surface area contributed by atoms with E-state index in [1.807, 2.05) is 49.5 Å². The summed E-state index contributed by atoms with van der Waals surface area (Å²) in [6.07, 6.45) is 2.93. The highest BCUT2D eigenvalue weighted by Gasteiger charge is 2.18. The summed E-state index contributed by atoms with van der Waals surface area (Å²) in [5.41, 5.74) is 9.31. The maximum absolute atomic E-state index is 12.8. The number of benzene rings is 2. The first-order chi connectivity index (χ1) is 12.1. The van der Waals surface area contributed by atoms with Gasteiger partial charge in [-0.3, -0.25) is 14.3 Å². The molecule has 128 valence electrons. The third kappa shape index (κ3) is 3.23. The molecule has 0 unspecified atom stereocenters. The molecule has 1 aromatic heterocycles. The molecule has 1 fully saturated rings. The zero-order valence-corrected chi connectivity index (χ0v) is 14.5. The van der Waals surface area contributed by atoms with Crippen molar-refractivity contribution in [1.29, 1.82) is 0 Å². The molecule has 2 N–H and O–H groups in total. The normalized spacial score (nSPS) is 18.1. The van der Waals surface area contributed by atoms with Crippen LogP contribution < -0.4 is 11.3 Å². The number of aromatic nitrogens is 1. The van der Waals surface area contributed by atoms with Gasteiger partial charge in [0.25, 0.3) is 5.56 Å². The Balaban J connectivity index is 1.61. The number of nitrogens with zero attached hydrogens (tertiary/aromatic N) is 2. The molecular weight excluding hydrogens is 310 g/mol. The van der Waals surface area contributed by atoms with Gasteiger partial charge in [-0.25, -0.2) is 0 Å². The zero-order valence-electron chi connectivity index (χ0n) is 14.5. The molecule has 1 aliphatic heterocycles. The summed E-state index contributed by atoms with van der Waals surface area (Å²) in [4.78, 5) is 15.2. The molecule has 0 aliphatic carbocycles. The summed E-state index contributed by atoms with van der Waals surface area (Å²) in [6, 6.07) is 16.5. The second-order valence-electron chi connectivity index (χ2n) is 7.03. The van der Waals surface area contributed by atoms with Crippen molar-refractivity contribution in [2.75, 3.05) is 13.1 Å². The molecule has 2 aromatic carbocycles. The van der Waals surface area contributed by atoms with Crippen molar-refractivity contribution in [1.82, 2.24) is 9.47 Å². The largest absolute Gasteiger partial charge is 0.326 e. The SMILES string of the molecule is Cc1ccc2c(=O)n(-c3ccc(CN4CC[C@H](N)C4)cc3)ccc2c1. The molecule has 1 saturated heterocycles. The van der Waals surface area contributed by atoms with Crippen molar-refractivity contribution in [3.63, 3.8) is 0 Å². The molecule has 0 bridgehead atoms. The van der Waals surface area contributed by atoms with Gasteiger partial charge in [0.2, 0.25) is 0 Å². The van der Waals surface area contributed by atoms with Crippen LogP contribution in [0.4, 0.5) is 0 Å².